The number of hydrogen-bond acceptors (Lipinski definition) is 3. The molecule has 0 aromatic heterocycles. The van der Waals surface area contributed by atoms with Crippen LogP contribution in [0.2, 0.25) is 0 Å². The zero-order valence-electron chi connectivity index (χ0n) is 10.5. The van der Waals surface area contributed by atoms with E-state index in [4.69, 9.17) is 15.6 Å². The molecule has 0 aromatic carbocycles. The monoisotopic (exact) mass is 217 g/mol. The Bertz CT molecular complexity index is 149. The summed E-state index contributed by atoms with van der Waals surface area (Å²) in [6, 6.07) is 0. The molecule has 0 aromatic rings. The van der Waals surface area contributed by atoms with Gasteiger partial charge in [0.15, 0.2) is 0 Å². The van der Waals surface area contributed by atoms with Crippen LogP contribution in [0.3, 0.4) is 0 Å². The fourth-order valence-electron chi connectivity index (χ4n) is 1.48. The van der Waals surface area contributed by atoms with E-state index in [0.29, 0.717) is 6.10 Å². The zero-order chi connectivity index (χ0) is 11.7. The van der Waals surface area contributed by atoms with E-state index in [-0.39, 0.29) is 6.61 Å². The summed E-state index contributed by atoms with van der Waals surface area (Å²) >= 11 is 0. The van der Waals surface area contributed by atoms with Gasteiger partial charge in [-0.2, -0.15) is 0 Å². The van der Waals surface area contributed by atoms with Gasteiger partial charge in [-0.1, -0.05) is 13.3 Å². The molecule has 3 heteroatoms. The Kier molecular flexibility index (Phi) is 8.02. The van der Waals surface area contributed by atoms with Crippen molar-refractivity contribution in [1.29, 1.82) is 0 Å². The molecule has 0 saturated heterocycles. The van der Waals surface area contributed by atoms with E-state index in [1.807, 2.05) is 6.92 Å². The van der Waals surface area contributed by atoms with Gasteiger partial charge < -0.3 is 15.6 Å². The summed E-state index contributed by atoms with van der Waals surface area (Å²) < 4.78 is 5.63. The van der Waals surface area contributed by atoms with Gasteiger partial charge in [0.1, 0.15) is 0 Å². The molecule has 0 aliphatic heterocycles. The van der Waals surface area contributed by atoms with E-state index < -0.39 is 5.54 Å². The third-order valence-electron chi connectivity index (χ3n) is 2.60. The van der Waals surface area contributed by atoms with E-state index in [1.54, 1.807) is 0 Å². The maximum Gasteiger partial charge on any atom is 0.0608 e. The maximum absolute atomic E-state index is 8.95. The third-order valence-corrected chi connectivity index (χ3v) is 2.60. The predicted octanol–water partition coefficient (Wildman–Crippen LogP) is 2.07. The van der Waals surface area contributed by atoms with Crippen molar-refractivity contribution in [3.8, 4) is 0 Å². The SMILES string of the molecule is CCCC(C)OCCCCC(C)(N)CO. The van der Waals surface area contributed by atoms with Crippen LogP contribution in [0.4, 0.5) is 0 Å². The highest BCUT2D eigenvalue weighted by atomic mass is 16.5. The smallest absolute Gasteiger partial charge is 0.0608 e. The Balaban J connectivity index is 3.32. The lowest BCUT2D eigenvalue weighted by Gasteiger charge is -2.21. The molecule has 0 heterocycles. The summed E-state index contributed by atoms with van der Waals surface area (Å²) in [5.41, 5.74) is 5.39. The minimum absolute atomic E-state index is 0.0556. The van der Waals surface area contributed by atoms with Crippen LogP contribution in [0, 0.1) is 0 Å². The molecule has 0 aliphatic carbocycles. The van der Waals surface area contributed by atoms with Crippen LogP contribution in [0.15, 0.2) is 0 Å². The average molecular weight is 217 g/mol. The fraction of sp³-hybridized carbons (Fsp3) is 1.00. The van der Waals surface area contributed by atoms with E-state index >= 15 is 0 Å². The molecule has 0 aliphatic rings. The number of unbranched alkanes of at least 4 members (excludes halogenated alkanes) is 1. The highest BCUT2D eigenvalue weighted by molar-refractivity contribution is 4.76. The van der Waals surface area contributed by atoms with Crippen LogP contribution in [-0.4, -0.2) is 30.0 Å². The largest absolute Gasteiger partial charge is 0.394 e. The fourth-order valence-corrected chi connectivity index (χ4v) is 1.48. The lowest BCUT2D eigenvalue weighted by atomic mass is 9.97. The first-order chi connectivity index (χ1) is 7.02. The second-order valence-corrected chi connectivity index (χ2v) is 4.74. The van der Waals surface area contributed by atoms with E-state index in [9.17, 15) is 0 Å². The first-order valence-electron chi connectivity index (χ1n) is 6.03. The highest BCUT2D eigenvalue weighted by Crippen LogP contribution is 2.10. The minimum atomic E-state index is -0.422. The number of aliphatic hydroxyl groups is 1. The quantitative estimate of drug-likeness (QED) is 0.581. The summed E-state index contributed by atoms with van der Waals surface area (Å²) in [5, 5.41) is 8.95. The molecule has 0 radical (unpaired) electrons. The van der Waals surface area contributed by atoms with Crippen molar-refractivity contribution in [2.24, 2.45) is 5.73 Å². The van der Waals surface area contributed by atoms with Crippen molar-refractivity contribution in [3.05, 3.63) is 0 Å². The molecule has 0 fully saturated rings. The zero-order valence-corrected chi connectivity index (χ0v) is 10.5. The minimum Gasteiger partial charge on any atom is -0.394 e. The molecule has 0 bridgehead atoms. The molecule has 3 nitrogen and oxygen atoms in total. The van der Waals surface area contributed by atoms with E-state index in [0.717, 1.165) is 32.3 Å². The van der Waals surface area contributed by atoms with Crippen molar-refractivity contribution in [3.63, 3.8) is 0 Å². The lowest BCUT2D eigenvalue weighted by molar-refractivity contribution is 0.0558. The Hall–Kier alpha value is -0.120. The van der Waals surface area contributed by atoms with Crippen molar-refractivity contribution < 1.29 is 9.84 Å². The molecular weight excluding hydrogens is 190 g/mol. The van der Waals surface area contributed by atoms with Crippen LogP contribution in [0.5, 0.6) is 0 Å². The summed E-state index contributed by atoms with van der Waals surface area (Å²) in [7, 11) is 0. The van der Waals surface area contributed by atoms with E-state index in [2.05, 4.69) is 13.8 Å². The Morgan fingerprint density at radius 3 is 2.60 bits per heavy atom. The molecular formula is C12H27NO2. The summed E-state index contributed by atoms with van der Waals surface area (Å²) in [4.78, 5) is 0. The summed E-state index contributed by atoms with van der Waals surface area (Å²) in [5.74, 6) is 0. The molecule has 92 valence electrons. The molecule has 2 unspecified atom stereocenters. The number of aliphatic hydroxyl groups excluding tert-OH is 1. The molecule has 15 heavy (non-hydrogen) atoms. The summed E-state index contributed by atoms with van der Waals surface area (Å²) in [6.45, 7) is 7.03. The Morgan fingerprint density at radius 1 is 1.40 bits per heavy atom. The topological polar surface area (TPSA) is 55.5 Å². The van der Waals surface area contributed by atoms with Gasteiger partial charge in [-0.15, -0.1) is 0 Å². The van der Waals surface area contributed by atoms with Crippen LogP contribution >= 0.6 is 0 Å². The Morgan fingerprint density at radius 2 is 2.07 bits per heavy atom. The first kappa shape index (κ1) is 14.9. The predicted molar refractivity (Wildman–Crippen MR) is 63.9 cm³/mol. The van der Waals surface area contributed by atoms with Crippen LogP contribution in [0.1, 0.15) is 52.9 Å². The van der Waals surface area contributed by atoms with Gasteiger partial charge in [0.25, 0.3) is 0 Å². The second-order valence-electron chi connectivity index (χ2n) is 4.74. The second kappa shape index (κ2) is 8.08. The molecule has 0 rings (SSSR count). The highest BCUT2D eigenvalue weighted by Gasteiger charge is 2.15. The van der Waals surface area contributed by atoms with Gasteiger partial charge >= 0.3 is 0 Å². The number of ether oxygens (including phenoxy) is 1. The van der Waals surface area contributed by atoms with Gasteiger partial charge in [-0.25, -0.2) is 0 Å². The number of nitrogens with two attached hydrogens (primary N) is 1. The number of rotatable bonds is 9. The van der Waals surface area contributed by atoms with Crippen LogP contribution in [-0.2, 0) is 4.74 Å². The summed E-state index contributed by atoms with van der Waals surface area (Å²) in [6.07, 6.45) is 5.58. The number of hydrogen-bond donors (Lipinski definition) is 2. The standard InChI is InChI=1S/C12H27NO2/c1-4-7-11(2)15-9-6-5-8-12(3,13)10-14/h11,14H,4-10,13H2,1-3H3. The molecule has 0 spiro atoms. The molecule has 0 saturated carbocycles. The van der Waals surface area contributed by atoms with Gasteiger partial charge in [-0.05, 0) is 39.5 Å². The van der Waals surface area contributed by atoms with Crippen LogP contribution < -0.4 is 5.73 Å². The molecule has 0 amide bonds. The average Bonchev–Trinajstić information content (AvgIpc) is 2.17. The van der Waals surface area contributed by atoms with E-state index in [1.165, 1.54) is 6.42 Å². The first-order valence-corrected chi connectivity index (χ1v) is 6.03. The maximum atomic E-state index is 8.95. The van der Waals surface area contributed by atoms with Crippen molar-refractivity contribution in [1.82, 2.24) is 0 Å². The molecule has 2 atom stereocenters. The van der Waals surface area contributed by atoms with Gasteiger partial charge in [0.2, 0.25) is 0 Å². The third kappa shape index (κ3) is 8.85. The van der Waals surface area contributed by atoms with Crippen molar-refractivity contribution in [2.75, 3.05) is 13.2 Å². The lowest BCUT2D eigenvalue weighted by Crippen LogP contribution is -2.39. The van der Waals surface area contributed by atoms with Crippen LogP contribution in [0.25, 0.3) is 0 Å². The Labute approximate surface area is 94.0 Å². The normalized spacial score (nSPS) is 17.4. The molecule has 3 N–H and O–H groups in total. The van der Waals surface area contributed by atoms with Gasteiger partial charge in [0, 0.05) is 12.1 Å². The van der Waals surface area contributed by atoms with Gasteiger partial charge in [-0.3, -0.25) is 0 Å². The van der Waals surface area contributed by atoms with Crippen molar-refractivity contribution >= 4 is 0 Å². The van der Waals surface area contributed by atoms with Crippen molar-refractivity contribution in [2.45, 2.75) is 64.5 Å². The van der Waals surface area contributed by atoms with Gasteiger partial charge in [0.05, 0.1) is 12.7 Å².